The molecule has 21 heavy (non-hydrogen) atoms. The van der Waals surface area contributed by atoms with Gasteiger partial charge in [-0.25, -0.2) is 0 Å². The molecular formula is C16H13ClN2O2. The summed E-state index contributed by atoms with van der Waals surface area (Å²) < 4.78 is 5.17. The summed E-state index contributed by atoms with van der Waals surface area (Å²) in [6.07, 6.45) is 0. The van der Waals surface area contributed by atoms with Crippen molar-refractivity contribution in [2.24, 2.45) is 0 Å². The Labute approximate surface area is 126 Å². The van der Waals surface area contributed by atoms with Crippen LogP contribution in [0.1, 0.15) is 10.5 Å². The van der Waals surface area contributed by atoms with E-state index in [0.717, 1.165) is 16.7 Å². The number of H-pyrrole nitrogens is 1. The first kappa shape index (κ1) is 13.5. The highest BCUT2D eigenvalue weighted by Gasteiger charge is 2.10. The van der Waals surface area contributed by atoms with E-state index >= 15 is 0 Å². The van der Waals surface area contributed by atoms with E-state index in [4.69, 9.17) is 16.3 Å². The number of carbonyl (C=O) groups excluding carboxylic acids is 1. The number of aromatic amines is 1. The Bertz CT molecular complexity index is 811. The van der Waals surface area contributed by atoms with E-state index < -0.39 is 0 Å². The minimum absolute atomic E-state index is 0.215. The Morgan fingerprint density at radius 2 is 2.05 bits per heavy atom. The summed E-state index contributed by atoms with van der Waals surface area (Å²) in [6, 6.07) is 14.4. The molecule has 1 amide bonds. The smallest absolute Gasteiger partial charge is 0.272 e. The van der Waals surface area contributed by atoms with Crippen molar-refractivity contribution in [3.63, 3.8) is 0 Å². The van der Waals surface area contributed by atoms with Crippen LogP contribution in [0.25, 0.3) is 10.9 Å². The van der Waals surface area contributed by atoms with Gasteiger partial charge >= 0.3 is 0 Å². The van der Waals surface area contributed by atoms with Gasteiger partial charge in [-0.1, -0.05) is 17.7 Å². The number of rotatable bonds is 3. The van der Waals surface area contributed by atoms with Crippen molar-refractivity contribution in [1.82, 2.24) is 4.98 Å². The maximum absolute atomic E-state index is 12.2. The zero-order chi connectivity index (χ0) is 14.8. The monoisotopic (exact) mass is 300 g/mol. The second kappa shape index (κ2) is 5.50. The molecule has 1 heterocycles. The molecule has 0 atom stereocenters. The predicted octanol–water partition coefficient (Wildman–Crippen LogP) is 4.08. The lowest BCUT2D eigenvalue weighted by Crippen LogP contribution is -2.11. The average molecular weight is 301 g/mol. The second-order valence-electron chi connectivity index (χ2n) is 4.60. The normalized spacial score (nSPS) is 10.6. The van der Waals surface area contributed by atoms with E-state index in [2.05, 4.69) is 10.3 Å². The van der Waals surface area contributed by atoms with Crippen LogP contribution in [-0.2, 0) is 0 Å². The lowest BCUT2D eigenvalue weighted by molar-refractivity contribution is 0.102. The van der Waals surface area contributed by atoms with Gasteiger partial charge in [-0.3, -0.25) is 4.79 Å². The third-order valence-electron chi connectivity index (χ3n) is 3.16. The molecule has 0 saturated heterocycles. The largest absolute Gasteiger partial charge is 0.497 e. The summed E-state index contributed by atoms with van der Waals surface area (Å²) in [6.45, 7) is 0. The quantitative estimate of drug-likeness (QED) is 0.765. The van der Waals surface area contributed by atoms with Crippen LogP contribution >= 0.6 is 11.6 Å². The van der Waals surface area contributed by atoms with Gasteiger partial charge in [0.2, 0.25) is 0 Å². The zero-order valence-electron chi connectivity index (χ0n) is 11.3. The van der Waals surface area contributed by atoms with Gasteiger partial charge in [0, 0.05) is 21.6 Å². The fourth-order valence-corrected chi connectivity index (χ4v) is 2.31. The molecule has 0 aliphatic rings. The van der Waals surface area contributed by atoms with Gasteiger partial charge in [-0.05, 0) is 42.5 Å². The van der Waals surface area contributed by atoms with Crippen LogP contribution in [0, 0.1) is 0 Å². The average Bonchev–Trinajstić information content (AvgIpc) is 2.90. The molecule has 0 unspecified atom stereocenters. The van der Waals surface area contributed by atoms with Crippen LogP contribution in [0.15, 0.2) is 48.5 Å². The van der Waals surface area contributed by atoms with Crippen molar-refractivity contribution < 1.29 is 9.53 Å². The summed E-state index contributed by atoms with van der Waals surface area (Å²) in [5, 5.41) is 4.30. The number of nitrogens with one attached hydrogen (secondary N) is 2. The third kappa shape index (κ3) is 2.85. The number of ether oxygens (including phenoxy) is 1. The molecule has 2 N–H and O–H groups in total. The van der Waals surface area contributed by atoms with E-state index in [9.17, 15) is 4.79 Å². The van der Waals surface area contributed by atoms with Crippen molar-refractivity contribution in [1.29, 1.82) is 0 Å². The van der Waals surface area contributed by atoms with Crippen molar-refractivity contribution in [3.8, 4) is 5.75 Å². The molecule has 106 valence electrons. The maximum atomic E-state index is 12.2. The molecular weight excluding hydrogens is 288 g/mol. The standard InChI is InChI=1S/C16H13ClN2O2/c1-21-13-5-6-14-10(7-13)8-15(19-14)16(20)18-12-4-2-3-11(17)9-12/h2-9,19H,1H3,(H,18,20). The van der Waals surface area contributed by atoms with E-state index in [1.807, 2.05) is 18.2 Å². The highest BCUT2D eigenvalue weighted by atomic mass is 35.5. The van der Waals surface area contributed by atoms with Crippen LogP contribution in [0.2, 0.25) is 5.02 Å². The van der Waals surface area contributed by atoms with Gasteiger partial charge in [0.15, 0.2) is 0 Å². The molecule has 0 aliphatic carbocycles. The fourth-order valence-electron chi connectivity index (χ4n) is 2.12. The number of hydrogen-bond acceptors (Lipinski definition) is 2. The summed E-state index contributed by atoms with van der Waals surface area (Å²) in [5.74, 6) is 0.538. The molecule has 1 aromatic heterocycles. The molecule has 0 radical (unpaired) electrons. The Balaban J connectivity index is 1.87. The van der Waals surface area contributed by atoms with E-state index in [-0.39, 0.29) is 5.91 Å². The maximum Gasteiger partial charge on any atom is 0.272 e. The number of fused-ring (bicyclic) bond motifs is 1. The molecule has 0 fully saturated rings. The molecule has 0 saturated carbocycles. The number of methoxy groups -OCH3 is 1. The van der Waals surface area contributed by atoms with Crippen LogP contribution in [0.3, 0.4) is 0 Å². The summed E-state index contributed by atoms with van der Waals surface area (Å²) in [5.41, 5.74) is 2.02. The highest BCUT2D eigenvalue weighted by molar-refractivity contribution is 6.31. The first-order valence-corrected chi connectivity index (χ1v) is 6.77. The summed E-state index contributed by atoms with van der Waals surface area (Å²) in [7, 11) is 1.61. The first-order chi connectivity index (χ1) is 10.2. The van der Waals surface area contributed by atoms with Crippen LogP contribution in [-0.4, -0.2) is 18.0 Å². The molecule has 0 spiro atoms. The van der Waals surface area contributed by atoms with Crippen LogP contribution < -0.4 is 10.1 Å². The Kier molecular flexibility index (Phi) is 3.54. The van der Waals surface area contributed by atoms with Crippen LogP contribution in [0.5, 0.6) is 5.75 Å². The second-order valence-corrected chi connectivity index (χ2v) is 5.04. The zero-order valence-corrected chi connectivity index (χ0v) is 12.1. The van der Waals surface area contributed by atoms with Crippen LogP contribution in [0.4, 0.5) is 5.69 Å². The number of carbonyl (C=O) groups is 1. The van der Waals surface area contributed by atoms with Gasteiger partial charge in [-0.2, -0.15) is 0 Å². The number of benzene rings is 2. The third-order valence-corrected chi connectivity index (χ3v) is 3.39. The van der Waals surface area contributed by atoms with Crippen molar-refractivity contribution >= 4 is 34.1 Å². The van der Waals surface area contributed by atoms with Gasteiger partial charge in [0.05, 0.1) is 7.11 Å². The molecule has 3 rings (SSSR count). The van der Waals surface area contributed by atoms with Gasteiger partial charge in [0.1, 0.15) is 11.4 Å². The molecule has 0 aliphatic heterocycles. The van der Waals surface area contributed by atoms with Crippen molar-refractivity contribution in [2.75, 3.05) is 12.4 Å². The SMILES string of the molecule is COc1ccc2[nH]c(C(=O)Nc3cccc(Cl)c3)cc2c1. The van der Waals surface area contributed by atoms with Gasteiger partial charge in [-0.15, -0.1) is 0 Å². The predicted molar refractivity (Wildman–Crippen MR) is 84.3 cm³/mol. The number of halogens is 1. The first-order valence-electron chi connectivity index (χ1n) is 6.39. The minimum atomic E-state index is -0.215. The molecule has 3 aromatic rings. The summed E-state index contributed by atoms with van der Waals surface area (Å²) >= 11 is 5.90. The summed E-state index contributed by atoms with van der Waals surface area (Å²) in [4.78, 5) is 15.3. The number of aromatic nitrogens is 1. The topological polar surface area (TPSA) is 54.1 Å². The fraction of sp³-hybridized carbons (Fsp3) is 0.0625. The Morgan fingerprint density at radius 3 is 2.81 bits per heavy atom. The number of anilines is 1. The van der Waals surface area contributed by atoms with E-state index in [1.165, 1.54) is 0 Å². The van der Waals surface area contributed by atoms with E-state index in [0.29, 0.717) is 16.4 Å². The van der Waals surface area contributed by atoms with Crippen molar-refractivity contribution in [3.05, 3.63) is 59.2 Å². The van der Waals surface area contributed by atoms with Crippen molar-refractivity contribution in [2.45, 2.75) is 0 Å². The minimum Gasteiger partial charge on any atom is -0.497 e. The Morgan fingerprint density at radius 1 is 1.19 bits per heavy atom. The van der Waals surface area contributed by atoms with Gasteiger partial charge < -0.3 is 15.0 Å². The highest BCUT2D eigenvalue weighted by Crippen LogP contribution is 2.22. The number of amides is 1. The molecule has 5 heteroatoms. The number of hydrogen-bond donors (Lipinski definition) is 2. The molecule has 2 aromatic carbocycles. The Hall–Kier alpha value is -2.46. The van der Waals surface area contributed by atoms with E-state index in [1.54, 1.807) is 37.4 Å². The lowest BCUT2D eigenvalue weighted by atomic mass is 10.2. The van der Waals surface area contributed by atoms with Gasteiger partial charge in [0.25, 0.3) is 5.91 Å². The molecule has 0 bridgehead atoms. The lowest BCUT2D eigenvalue weighted by Gasteiger charge is -2.03. The molecule has 4 nitrogen and oxygen atoms in total.